The Labute approximate surface area is 157 Å². The van der Waals surface area contributed by atoms with Gasteiger partial charge in [-0.2, -0.15) is 0 Å². The van der Waals surface area contributed by atoms with Crippen LogP contribution >= 0.6 is 11.3 Å². The van der Waals surface area contributed by atoms with Gasteiger partial charge in [0, 0.05) is 16.2 Å². The maximum atomic E-state index is 13.0. The van der Waals surface area contributed by atoms with Crippen LogP contribution in [0, 0.1) is 5.92 Å². The zero-order valence-electron chi connectivity index (χ0n) is 14.9. The Hall–Kier alpha value is -1.43. The molecule has 5 fully saturated rings. The predicted octanol–water partition coefficient (Wildman–Crippen LogP) is 3.37. The first-order chi connectivity index (χ1) is 12.7. The van der Waals surface area contributed by atoms with Crippen molar-refractivity contribution in [3.05, 3.63) is 34.7 Å². The average Bonchev–Trinajstić information content (AvgIpc) is 3.27. The summed E-state index contributed by atoms with van der Waals surface area (Å²) in [5, 5.41) is 4.63. The second-order valence-electron chi connectivity index (χ2n) is 8.52. The predicted molar refractivity (Wildman–Crippen MR) is 103 cm³/mol. The van der Waals surface area contributed by atoms with Gasteiger partial charge in [0.15, 0.2) is 0 Å². The fourth-order valence-corrected chi connectivity index (χ4v) is 6.39. The molecule has 2 bridgehead atoms. The smallest absolute Gasteiger partial charge is 0.261 e. The Bertz CT molecular complexity index is 875. The lowest BCUT2D eigenvalue weighted by Gasteiger charge is -2.52. The zero-order chi connectivity index (χ0) is 17.3. The molecule has 1 atom stereocenters. The van der Waals surface area contributed by atoms with E-state index in [2.05, 4.69) is 34.5 Å². The standard InChI is InChI=1S/C21H24N2O2S/c24-20(22-19-13-3-7-23(8-4-13)21(19)5-6-21)18-10-15-2-1-14(9-17(15)26-18)16-11-25-12-16/h1-2,9-10,13,16,19H,3-8,11-12H2,(H,22,24). The minimum Gasteiger partial charge on any atom is -0.380 e. The molecule has 5 heterocycles. The lowest BCUT2D eigenvalue weighted by atomic mass is 9.77. The number of amides is 1. The van der Waals surface area contributed by atoms with E-state index >= 15 is 0 Å². The minimum absolute atomic E-state index is 0.129. The molecule has 1 saturated carbocycles. The van der Waals surface area contributed by atoms with Crippen LogP contribution in [0.25, 0.3) is 10.1 Å². The van der Waals surface area contributed by atoms with Gasteiger partial charge >= 0.3 is 0 Å². The molecule has 5 aliphatic rings. The Kier molecular flexibility index (Phi) is 3.32. The summed E-state index contributed by atoms with van der Waals surface area (Å²) in [5.74, 6) is 1.33. The number of fused-ring (bicyclic) bond motifs is 3. The van der Waals surface area contributed by atoms with Crippen LogP contribution in [0.3, 0.4) is 0 Å². The monoisotopic (exact) mass is 368 g/mol. The highest BCUT2D eigenvalue weighted by molar-refractivity contribution is 7.20. The normalized spacial score (nSPS) is 31.9. The number of carbonyl (C=O) groups is 1. The van der Waals surface area contributed by atoms with E-state index in [9.17, 15) is 4.79 Å². The van der Waals surface area contributed by atoms with Crippen molar-refractivity contribution in [1.29, 1.82) is 0 Å². The van der Waals surface area contributed by atoms with Crippen LogP contribution in [0.5, 0.6) is 0 Å². The highest BCUT2D eigenvalue weighted by atomic mass is 32.1. The zero-order valence-corrected chi connectivity index (χ0v) is 15.7. The number of ether oxygens (including phenoxy) is 1. The van der Waals surface area contributed by atoms with Crippen LogP contribution in [0.15, 0.2) is 24.3 Å². The van der Waals surface area contributed by atoms with Crippen molar-refractivity contribution in [2.24, 2.45) is 5.92 Å². The van der Waals surface area contributed by atoms with Crippen LogP contribution in [0.1, 0.15) is 46.8 Å². The van der Waals surface area contributed by atoms with Gasteiger partial charge in [-0.1, -0.05) is 12.1 Å². The highest BCUT2D eigenvalue weighted by Gasteiger charge is 2.60. The Balaban J connectivity index is 1.26. The van der Waals surface area contributed by atoms with Crippen molar-refractivity contribution >= 4 is 27.3 Å². The average molecular weight is 369 g/mol. The molecule has 1 unspecified atom stereocenters. The number of nitrogens with zero attached hydrogens (tertiary/aromatic N) is 1. The van der Waals surface area contributed by atoms with Crippen molar-refractivity contribution < 1.29 is 9.53 Å². The van der Waals surface area contributed by atoms with E-state index in [1.165, 1.54) is 54.4 Å². The maximum Gasteiger partial charge on any atom is 0.261 e. The van der Waals surface area contributed by atoms with Crippen molar-refractivity contribution in [2.45, 2.75) is 43.2 Å². The number of hydrogen-bond acceptors (Lipinski definition) is 4. The molecule has 4 nitrogen and oxygen atoms in total. The van der Waals surface area contributed by atoms with Gasteiger partial charge in [-0.15, -0.1) is 11.3 Å². The molecule has 4 aliphatic heterocycles. The lowest BCUT2D eigenvalue weighted by Crippen LogP contribution is -2.65. The molecular weight excluding hydrogens is 344 g/mol. The quantitative estimate of drug-likeness (QED) is 0.903. The van der Waals surface area contributed by atoms with E-state index < -0.39 is 0 Å². The Morgan fingerprint density at radius 2 is 2.00 bits per heavy atom. The van der Waals surface area contributed by atoms with E-state index in [1.54, 1.807) is 11.3 Å². The summed E-state index contributed by atoms with van der Waals surface area (Å²) in [5.41, 5.74) is 1.64. The molecule has 0 radical (unpaired) electrons. The SMILES string of the molecule is O=C(NC1C2CCN(CC2)C12CC2)c1cc2ccc(C3COC3)cc2s1. The number of nitrogens with one attached hydrogen (secondary N) is 1. The van der Waals surface area contributed by atoms with Crippen molar-refractivity contribution in [1.82, 2.24) is 10.2 Å². The van der Waals surface area contributed by atoms with Crippen LogP contribution in [-0.2, 0) is 4.74 Å². The summed E-state index contributed by atoms with van der Waals surface area (Å²) < 4.78 is 6.53. The summed E-state index contributed by atoms with van der Waals surface area (Å²) in [7, 11) is 0. The van der Waals surface area contributed by atoms with E-state index in [4.69, 9.17) is 4.74 Å². The molecule has 5 heteroatoms. The Morgan fingerprint density at radius 3 is 2.69 bits per heavy atom. The summed E-state index contributed by atoms with van der Waals surface area (Å²) in [6.45, 7) is 4.11. The van der Waals surface area contributed by atoms with Gasteiger partial charge in [-0.25, -0.2) is 0 Å². The minimum atomic E-state index is 0.129. The summed E-state index contributed by atoms with van der Waals surface area (Å²) >= 11 is 1.63. The number of benzene rings is 1. The number of carbonyl (C=O) groups excluding carboxylic acids is 1. The molecule has 4 saturated heterocycles. The topological polar surface area (TPSA) is 41.6 Å². The van der Waals surface area contributed by atoms with Gasteiger partial charge in [-0.05, 0) is 67.8 Å². The summed E-state index contributed by atoms with van der Waals surface area (Å²) in [6.07, 6.45) is 5.00. The first kappa shape index (κ1) is 15.6. The molecule has 1 amide bonds. The second kappa shape index (κ2) is 5.54. The van der Waals surface area contributed by atoms with Crippen LogP contribution in [-0.4, -0.2) is 48.7 Å². The molecule has 1 aromatic heterocycles. The highest BCUT2D eigenvalue weighted by Crippen LogP contribution is 2.53. The first-order valence-electron chi connectivity index (χ1n) is 9.90. The maximum absolute atomic E-state index is 13.0. The largest absolute Gasteiger partial charge is 0.380 e. The van der Waals surface area contributed by atoms with Crippen LogP contribution in [0.4, 0.5) is 0 Å². The van der Waals surface area contributed by atoms with E-state index in [-0.39, 0.29) is 5.91 Å². The number of rotatable bonds is 3. The van der Waals surface area contributed by atoms with Crippen LogP contribution < -0.4 is 5.32 Å². The third-order valence-electron chi connectivity index (χ3n) is 7.15. The van der Waals surface area contributed by atoms with Gasteiger partial charge in [0.25, 0.3) is 5.91 Å². The summed E-state index contributed by atoms with van der Waals surface area (Å²) in [6, 6.07) is 9.02. The third-order valence-corrected chi connectivity index (χ3v) is 8.24. The first-order valence-corrected chi connectivity index (χ1v) is 10.7. The van der Waals surface area contributed by atoms with E-state index in [0.29, 0.717) is 23.4 Å². The summed E-state index contributed by atoms with van der Waals surface area (Å²) in [4.78, 5) is 16.5. The van der Waals surface area contributed by atoms with Gasteiger partial charge in [-0.3, -0.25) is 9.69 Å². The molecular formula is C21H24N2O2S. The Morgan fingerprint density at radius 1 is 1.19 bits per heavy atom. The second-order valence-corrected chi connectivity index (χ2v) is 9.61. The molecule has 1 aromatic carbocycles. The molecule has 1 spiro atoms. The van der Waals surface area contributed by atoms with Crippen molar-refractivity contribution in [3.63, 3.8) is 0 Å². The van der Waals surface area contributed by atoms with Crippen LogP contribution in [0.2, 0.25) is 0 Å². The molecule has 7 rings (SSSR count). The van der Waals surface area contributed by atoms with E-state index in [1.807, 2.05) is 0 Å². The van der Waals surface area contributed by atoms with Crippen molar-refractivity contribution in [3.8, 4) is 0 Å². The molecule has 1 N–H and O–H groups in total. The van der Waals surface area contributed by atoms with Gasteiger partial charge in [0.2, 0.25) is 0 Å². The van der Waals surface area contributed by atoms with Crippen molar-refractivity contribution in [2.75, 3.05) is 26.3 Å². The molecule has 26 heavy (non-hydrogen) atoms. The number of hydrogen-bond donors (Lipinski definition) is 1. The van der Waals surface area contributed by atoms with Gasteiger partial charge in [0.1, 0.15) is 0 Å². The fraction of sp³-hybridized carbons (Fsp3) is 0.571. The van der Waals surface area contributed by atoms with Gasteiger partial charge in [0.05, 0.1) is 24.1 Å². The molecule has 136 valence electrons. The fourth-order valence-electron chi connectivity index (χ4n) is 5.38. The third kappa shape index (κ3) is 2.23. The number of thiophene rings is 1. The lowest BCUT2D eigenvalue weighted by molar-refractivity contribution is -0.00138. The number of piperidine rings is 3. The molecule has 2 aromatic rings. The van der Waals surface area contributed by atoms with Gasteiger partial charge < -0.3 is 10.1 Å². The molecule has 1 aliphatic carbocycles. The van der Waals surface area contributed by atoms with E-state index in [0.717, 1.165) is 18.1 Å².